The molecule has 0 aliphatic rings. The van der Waals surface area contributed by atoms with Crippen molar-refractivity contribution >= 4 is 23.2 Å². The van der Waals surface area contributed by atoms with E-state index in [1.54, 1.807) is 49.1 Å². The summed E-state index contributed by atoms with van der Waals surface area (Å²) in [4.78, 5) is 18.7. The molecule has 0 radical (unpaired) electrons. The first-order chi connectivity index (χ1) is 16.0. The Balaban J connectivity index is 1.81. The Bertz CT molecular complexity index is 1400. The van der Waals surface area contributed by atoms with E-state index >= 15 is 0 Å². The van der Waals surface area contributed by atoms with Crippen LogP contribution in [0.2, 0.25) is 5.02 Å². The number of amides is 1. The zero-order chi connectivity index (χ0) is 24.8. The van der Waals surface area contributed by atoms with Crippen LogP contribution < -0.4 is 4.74 Å². The number of nitrogens with zero attached hydrogens (tertiary/aromatic N) is 6. The van der Waals surface area contributed by atoms with Crippen molar-refractivity contribution in [2.45, 2.75) is 19.6 Å². The fourth-order valence-electron chi connectivity index (χ4n) is 3.57. The van der Waals surface area contributed by atoms with E-state index < -0.39 is 17.8 Å². The van der Waals surface area contributed by atoms with E-state index in [4.69, 9.17) is 16.3 Å². The normalized spacial score (nSPS) is 11.8. The van der Waals surface area contributed by atoms with Crippen LogP contribution in [0.15, 0.2) is 36.5 Å². The van der Waals surface area contributed by atoms with E-state index in [0.29, 0.717) is 15.8 Å². The second kappa shape index (κ2) is 8.64. The number of alkyl halides is 3. The summed E-state index contributed by atoms with van der Waals surface area (Å²) in [6.45, 7) is 1.97. The van der Waals surface area contributed by atoms with Crippen LogP contribution in [0.4, 0.5) is 13.2 Å². The molecule has 0 N–H and O–H groups in total. The van der Waals surface area contributed by atoms with Crippen molar-refractivity contribution in [3.05, 3.63) is 64.2 Å². The van der Waals surface area contributed by atoms with Gasteiger partial charge in [-0.2, -0.15) is 23.4 Å². The third-order valence-corrected chi connectivity index (χ3v) is 5.61. The van der Waals surface area contributed by atoms with Gasteiger partial charge >= 0.3 is 6.18 Å². The number of aryl methyl sites for hydroxylation is 2. The van der Waals surface area contributed by atoms with Crippen molar-refractivity contribution in [2.24, 2.45) is 7.05 Å². The minimum Gasteiger partial charge on any atom is -0.497 e. The molecule has 0 spiro atoms. The lowest BCUT2D eigenvalue weighted by molar-refractivity contribution is -0.142. The minimum atomic E-state index is -4.77. The Morgan fingerprint density at radius 3 is 2.59 bits per heavy atom. The van der Waals surface area contributed by atoms with Crippen molar-refractivity contribution in [1.82, 2.24) is 29.3 Å². The minimum absolute atomic E-state index is 0.0128. The van der Waals surface area contributed by atoms with Crippen LogP contribution in [0.1, 0.15) is 27.4 Å². The molecule has 0 saturated heterocycles. The standard InChI is InChI=1S/C22H20ClF3N6O2/c1-12-14(11-31(3)28-12)10-30(2)21(33)19-18(23)20-27-16(13-6-5-7-15(8-13)34-4)9-17(22(24,25)26)32(20)29-19/h5-9,11H,10H2,1-4H3. The molecule has 8 nitrogen and oxygen atoms in total. The van der Waals surface area contributed by atoms with Gasteiger partial charge in [0.1, 0.15) is 10.8 Å². The van der Waals surface area contributed by atoms with E-state index in [2.05, 4.69) is 15.2 Å². The maximum absolute atomic E-state index is 13.9. The molecular formula is C22H20ClF3N6O2. The Morgan fingerprint density at radius 1 is 1.24 bits per heavy atom. The molecule has 3 aromatic heterocycles. The number of aromatic nitrogens is 5. The molecule has 0 unspecified atom stereocenters. The predicted molar refractivity (Wildman–Crippen MR) is 119 cm³/mol. The second-order valence-corrected chi connectivity index (χ2v) is 8.11. The number of ether oxygens (including phenoxy) is 1. The number of carbonyl (C=O) groups is 1. The quantitative estimate of drug-likeness (QED) is 0.413. The van der Waals surface area contributed by atoms with Crippen LogP contribution in [0.25, 0.3) is 16.9 Å². The van der Waals surface area contributed by atoms with Crippen LogP contribution in [-0.4, -0.2) is 49.3 Å². The zero-order valence-electron chi connectivity index (χ0n) is 18.7. The van der Waals surface area contributed by atoms with E-state index in [0.717, 1.165) is 17.3 Å². The van der Waals surface area contributed by atoms with Crippen molar-refractivity contribution < 1.29 is 22.7 Å². The SMILES string of the molecule is COc1cccc(-c2cc(C(F)(F)F)n3nc(C(=O)N(C)Cc4cn(C)nc4C)c(Cl)c3n2)c1. The largest absolute Gasteiger partial charge is 0.497 e. The highest BCUT2D eigenvalue weighted by Gasteiger charge is 2.37. The van der Waals surface area contributed by atoms with Crippen LogP contribution in [0.5, 0.6) is 5.75 Å². The summed E-state index contributed by atoms with van der Waals surface area (Å²) in [5, 5.41) is 7.86. The maximum Gasteiger partial charge on any atom is 0.433 e. The first kappa shape index (κ1) is 23.6. The topological polar surface area (TPSA) is 77.5 Å². The molecule has 0 fully saturated rings. The van der Waals surface area contributed by atoms with Gasteiger partial charge in [-0.3, -0.25) is 9.48 Å². The summed E-state index contributed by atoms with van der Waals surface area (Å²) in [5.41, 5.74) is 0.206. The fraction of sp³-hybridized carbons (Fsp3) is 0.273. The Hall–Kier alpha value is -3.60. The smallest absolute Gasteiger partial charge is 0.433 e. The summed E-state index contributed by atoms with van der Waals surface area (Å²) >= 11 is 6.37. The number of hydrogen-bond acceptors (Lipinski definition) is 5. The summed E-state index contributed by atoms with van der Waals surface area (Å²) in [6.07, 6.45) is -3.02. The molecule has 0 aliphatic heterocycles. The highest BCUT2D eigenvalue weighted by Crippen LogP contribution is 2.35. The summed E-state index contributed by atoms with van der Waals surface area (Å²) in [5.74, 6) is -0.190. The van der Waals surface area contributed by atoms with Gasteiger partial charge in [-0.1, -0.05) is 23.7 Å². The van der Waals surface area contributed by atoms with Gasteiger partial charge in [-0.15, -0.1) is 0 Å². The predicted octanol–water partition coefficient (Wildman–Crippen LogP) is 4.39. The van der Waals surface area contributed by atoms with Gasteiger partial charge in [0.25, 0.3) is 5.91 Å². The number of benzene rings is 1. The van der Waals surface area contributed by atoms with Gasteiger partial charge in [0.2, 0.25) is 0 Å². The third kappa shape index (κ3) is 4.30. The molecule has 12 heteroatoms. The number of fused-ring (bicyclic) bond motifs is 1. The van der Waals surface area contributed by atoms with Crippen LogP contribution in [-0.2, 0) is 19.8 Å². The van der Waals surface area contributed by atoms with Gasteiger partial charge in [0.15, 0.2) is 17.0 Å². The average molecular weight is 493 g/mol. The highest BCUT2D eigenvalue weighted by atomic mass is 35.5. The molecule has 0 bridgehead atoms. The van der Waals surface area contributed by atoms with E-state index in [-0.39, 0.29) is 28.6 Å². The zero-order valence-corrected chi connectivity index (χ0v) is 19.4. The number of methoxy groups -OCH3 is 1. The Kier molecular flexibility index (Phi) is 5.98. The van der Waals surface area contributed by atoms with Crippen LogP contribution in [0, 0.1) is 6.92 Å². The first-order valence-corrected chi connectivity index (χ1v) is 10.4. The number of hydrogen-bond donors (Lipinski definition) is 0. The Morgan fingerprint density at radius 2 is 1.97 bits per heavy atom. The molecule has 0 saturated carbocycles. The molecule has 34 heavy (non-hydrogen) atoms. The summed E-state index contributed by atoms with van der Waals surface area (Å²) < 4.78 is 49.1. The lowest BCUT2D eigenvalue weighted by Gasteiger charge is -2.15. The third-order valence-electron chi connectivity index (χ3n) is 5.26. The van der Waals surface area contributed by atoms with Gasteiger partial charge in [-0.05, 0) is 25.1 Å². The lowest BCUT2D eigenvalue weighted by atomic mass is 10.1. The van der Waals surface area contributed by atoms with E-state index in [1.807, 2.05) is 0 Å². The summed E-state index contributed by atoms with van der Waals surface area (Å²) in [6, 6.07) is 7.31. The number of carbonyl (C=O) groups excluding carboxylic acids is 1. The number of halogens is 4. The maximum atomic E-state index is 13.9. The highest BCUT2D eigenvalue weighted by molar-refractivity contribution is 6.36. The molecule has 1 amide bonds. The molecular weight excluding hydrogens is 473 g/mol. The Labute approximate surface area is 197 Å². The van der Waals surface area contributed by atoms with Crippen LogP contribution in [0.3, 0.4) is 0 Å². The molecule has 4 rings (SSSR count). The van der Waals surface area contributed by atoms with E-state index in [1.165, 1.54) is 19.1 Å². The summed E-state index contributed by atoms with van der Waals surface area (Å²) in [7, 11) is 4.71. The van der Waals surface area contributed by atoms with Crippen molar-refractivity contribution in [3.8, 4) is 17.0 Å². The lowest BCUT2D eigenvalue weighted by Crippen LogP contribution is -2.27. The molecule has 0 atom stereocenters. The van der Waals surface area contributed by atoms with Crippen LogP contribution >= 0.6 is 11.6 Å². The average Bonchev–Trinajstić information content (AvgIpc) is 3.29. The fourth-order valence-corrected chi connectivity index (χ4v) is 3.81. The number of rotatable bonds is 5. The molecule has 0 aliphatic carbocycles. The molecule has 4 aromatic rings. The van der Waals surface area contributed by atoms with Crippen molar-refractivity contribution in [2.75, 3.05) is 14.2 Å². The van der Waals surface area contributed by atoms with Gasteiger partial charge in [0.05, 0.1) is 18.5 Å². The van der Waals surface area contributed by atoms with Crippen molar-refractivity contribution in [1.29, 1.82) is 0 Å². The monoisotopic (exact) mass is 492 g/mol. The van der Waals surface area contributed by atoms with Gasteiger partial charge in [0, 0.05) is 38.0 Å². The van der Waals surface area contributed by atoms with Crippen molar-refractivity contribution in [3.63, 3.8) is 0 Å². The first-order valence-electron chi connectivity index (χ1n) is 10.0. The molecule has 178 valence electrons. The van der Waals surface area contributed by atoms with E-state index in [9.17, 15) is 18.0 Å². The second-order valence-electron chi connectivity index (χ2n) is 7.73. The molecule has 3 heterocycles. The van der Waals surface area contributed by atoms with Gasteiger partial charge < -0.3 is 9.64 Å². The molecule has 1 aromatic carbocycles. The van der Waals surface area contributed by atoms with Gasteiger partial charge in [-0.25, -0.2) is 9.50 Å².